The highest BCUT2D eigenvalue weighted by atomic mass is 79.9. The predicted octanol–water partition coefficient (Wildman–Crippen LogP) is 5.56. The number of nitro groups is 1. The summed E-state index contributed by atoms with van der Waals surface area (Å²) in [5.41, 5.74) is 1.55. The molecule has 0 aliphatic carbocycles. The third kappa shape index (κ3) is 5.29. The van der Waals surface area contributed by atoms with Crippen LogP contribution in [0, 0.1) is 17.0 Å². The van der Waals surface area contributed by atoms with Gasteiger partial charge in [0, 0.05) is 27.2 Å². The summed E-state index contributed by atoms with van der Waals surface area (Å²) in [6.07, 6.45) is 1.32. The minimum Gasteiger partial charge on any atom is -0.488 e. The molecule has 3 aromatic carbocycles. The number of nitrogens with zero attached hydrogens (tertiary/aromatic N) is 2. The molecule has 4 rings (SSSR count). The topological polar surface area (TPSA) is 119 Å². The number of halogens is 2. The average molecular weight is 571 g/mol. The van der Waals surface area contributed by atoms with Gasteiger partial charge in [-0.3, -0.25) is 25.0 Å². The lowest BCUT2D eigenvalue weighted by atomic mass is 10.1. The number of benzene rings is 3. The van der Waals surface area contributed by atoms with Crippen LogP contribution in [0.3, 0.4) is 0 Å². The first-order valence-electron chi connectivity index (χ1n) is 10.5. The summed E-state index contributed by atoms with van der Waals surface area (Å²) in [5, 5.41) is 13.6. The summed E-state index contributed by atoms with van der Waals surface area (Å²) in [7, 11) is 0. The van der Waals surface area contributed by atoms with Crippen LogP contribution >= 0.6 is 27.5 Å². The zero-order valence-electron chi connectivity index (χ0n) is 18.7. The number of amides is 4. The lowest BCUT2D eigenvalue weighted by molar-refractivity contribution is -0.384. The number of nitro benzene ring substituents is 1. The standard InChI is InChI=1S/C25H17BrClN3O6/c1-14-5-7-18(12-21(14)27)29-24(32)20(23(31)28-25(29)33)11-16-10-17(26)6-8-22(16)36-13-15-3-2-4-19(9-15)30(34)35/h2-12H,13H2,1H3,(H,28,31,33)/b20-11-. The van der Waals surface area contributed by atoms with Gasteiger partial charge in [-0.2, -0.15) is 0 Å². The molecule has 0 radical (unpaired) electrons. The number of hydrogen-bond acceptors (Lipinski definition) is 6. The van der Waals surface area contributed by atoms with Gasteiger partial charge < -0.3 is 4.74 Å². The summed E-state index contributed by atoms with van der Waals surface area (Å²) in [6.45, 7) is 1.79. The zero-order chi connectivity index (χ0) is 26.0. The van der Waals surface area contributed by atoms with Crippen LogP contribution in [-0.4, -0.2) is 22.8 Å². The average Bonchev–Trinajstić information content (AvgIpc) is 2.83. The Morgan fingerprint density at radius 3 is 2.61 bits per heavy atom. The third-order valence-corrected chi connectivity index (χ3v) is 6.20. The van der Waals surface area contributed by atoms with Crippen LogP contribution in [0.1, 0.15) is 16.7 Å². The molecule has 0 bridgehead atoms. The molecule has 1 N–H and O–H groups in total. The highest BCUT2D eigenvalue weighted by molar-refractivity contribution is 9.10. The zero-order valence-corrected chi connectivity index (χ0v) is 21.0. The number of nitrogens with one attached hydrogen (secondary N) is 1. The monoisotopic (exact) mass is 569 g/mol. The van der Waals surface area contributed by atoms with Crippen LogP contribution in [0.15, 0.2) is 70.7 Å². The van der Waals surface area contributed by atoms with Crippen molar-refractivity contribution in [1.82, 2.24) is 5.32 Å². The van der Waals surface area contributed by atoms with Gasteiger partial charge in [0.05, 0.1) is 10.6 Å². The van der Waals surface area contributed by atoms with E-state index in [1.54, 1.807) is 49.4 Å². The number of hydrogen-bond donors (Lipinski definition) is 1. The van der Waals surface area contributed by atoms with E-state index in [1.807, 2.05) is 0 Å². The number of barbiturate groups is 1. The maximum Gasteiger partial charge on any atom is 0.335 e. The summed E-state index contributed by atoms with van der Waals surface area (Å²) in [4.78, 5) is 49.7. The fourth-order valence-corrected chi connectivity index (χ4v) is 4.01. The Kier molecular flexibility index (Phi) is 7.18. The number of ether oxygens (including phenoxy) is 1. The van der Waals surface area contributed by atoms with Crippen LogP contribution < -0.4 is 15.0 Å². The van der Waals surface area contributed by atoms with Crippen molar-refractivity contribution < 1.29 is 24.0 Å². The largest absolute Gasteiger partial charge is 0.488 e. The number of rotatable bonds is 6. The van der Waals surface area contributed by atoms with E-state index in [0.717, 1.165) is 10.5 Å². The maximum absolute atomic E-state index is 13.2. The molecule has 4 amide bonds. The van der Waals surface area contributed by atoms with Crippen molar-refractivity contribution in [2.24, 2.45) is 0 Å². The van der Waals surface area contributed by atoms with Gasteiger partial charge in [0.1, 0.15) is 17.9 Å². The van der Waals surface area contributed by atoms with Crippen LogP contribution in [0.4, 0.5) is 16.2 Å². The van der Waals surface area contributed by atoms with Crippen LogP contribution in [-0.2, 0) is 16.2 Å². The van der Waals surface area contributed by atoms with Gasteiger partial charge in [-0.25, -0.2) is 9.69 Å². The van der Waals surface area contributed by atoms with Crippen molar-refractivity contribution in [3.05, 3.63) is 103 Å². The summed E-state index contributed by atoms with van der Waals surface area (Å²) < 4.78 is 6.51. The van der Waals surface area contributed by atoms with Crippen molar-refractivity contribution in [2.45, 2.75) is 13.5 Å². The number of anilines is 1. The SMILES string of the molecule is Cc1ccc(N2C(=O)NC(=O)/C(=C/c3cc(Br)ccc3OCc3cccc([N+](=O)[O-])c3)C2=O)cc1Cl. The summed E-state index contributed by atoms with van der Waals surface area (Å²) >= 11 is 9.52. The second-order valence-corrected chi connectivity index (χ2v) is 9.11. The van der Waals surface area contributed by atoms with Crippen molar-refractivity contribution in [3.8, 4) is 5.75 Å². The van der Waals surface area contributed by atoms with Gasteiger partial charge in [0.2, 0.25) is 0 Å². The van der Waals surface area contributed by atoms with Crippen molar-refractivity contribution in [3.63, 3.8) is 0 Å². The van der Waals surface area contributed by atoms with Gasteiger partial charge in [0.15, 0.2) is 0 Å². The fourth-order valence-electron chi connectivity index (χ4n) is 3.45. The Bertz CT molecular complexity index is 1460. The van der Waals surface area contributed by atoms with Gasteiger partial charge in [-0.1, -0.05) is 45.7 Å². The maximum atomic E-state index is 13.2. The van der Waals surface area contributed by atoms with Crippen LogP contribution in [0.2, 0.25) is 5.02 Å². The van der Waals surface area contributed by atoms with E-state index in [-0.39, 0.29) is 23.6 Å². The molecule has 0 spiro atoms. The van der Waals surface area contributed by atoms with Crippen LogP contribution in [0.25, 0.3) is 6.08 Å². The molecule has 1 heterocycles. The lowest BCUT2D eigenvalue weighted by Crippen LogP contribution is -2.54. The van der Waals surface area contributed by atoms with Gasteiger partial charge in [-0.05, 0) is 54.5 Å². The first-order chi connectivity index (χ1) is 17.1. The minimum atomic E-state index is -0.890. The molecular weight excluding hydrogens is 554 g/mol. The molecule has 3 aromatic rings. The summed E-state index contributed by atoms with van der Waals surface area (Å²) in [5.74, 6) is -1.36. The molecule has 0 aromatic heterocycles. The van der Waals surface area contributed by atoms with Crippen molar-refractivity contribution in [2.75, 3.05) is 4.90 Å². The Morgan fingerprint density at radius 2 is 1.89 bits per heavy atom. The number of urea groups is 1. The Hall–Kier alpha value is -4.02. The molecule has 0 saturated carbocycles. The quantitative estimate of drug-likeness (QED) is 0.179. The fraction of sp³-hybridized carbons (Fsp3) is 0.0800. The first-order valence-corrected chi connectivity index (χ1v) is 11.6. The number of non-ortho nitro benzene ring substituents is 1. The van der Waals surface area contributed by atoms with E-state index >= 15 is 0 Å². The van der Waals surface area contributed by atoms with Crippen molar-refractivity contribution >= 4 is 62.8 Å². The Labute approximate surface area is 218 Å². The smallest absolute Gasteiger partial charge is 0.335 e. The molecule has 1 fully saturated rings. The van der Waals surface area contributed by atoms with Gasteiger partial charge in [0.25, 0.3) is 17.5 Å². The first kappa shape index (κ1) is 25.1. The van der Waals surface area contributed by atoms with Crippen LogP contribution in [0.5, 0.6) is 5.75 Å². The highest BCUT2D eigenvalue weighted by Crippen LogP contribution is 2.30. The molecule has 0 atom stereocenters. The van der Waals surface area contributed by atoms with E-state index in [4.69, 9.17) is 16.3 Å². The normalized spacial score (nSPS) is 14.7. The number of imide groups is 2. The number of aryl methyl sites for hydroxylation is 1. The molecule has 1 aliphatic heterocycles. The van der Waals surface area contributed by atoms with Gasteiger partial charge >= 0.3 is 6.03 Å². The van der Waals surface area contributed by atoms with Gasteiger partial charge in [-0.15, -0.1) is 0 Å². The van der Waals surface area contributed by atoms with E-state index in [0.29, 0.717) is 26.4 Å². The molecule has 1 saturated heterocycles. The minimum absolute atomic E-state index is 0.00606. The number of carbonyl (C=O) groups excluding carboxylic acids is 3. The van der Waals surface area contributed by atoms with Crippen molar-refractivity contribution in [1.29, 1.82) is 0 Å². The highest BCUT2D eigenvalue weighted by Gasteiger charge is 2.37. The third-order valence-electron chi connectivity index (χ3n) is 5.30. The van der Waals surface area contributed by atoms with E-state index < -0.39 is 22.8 Å². The molecule has 0 unspecified atom stereocenters. The summed E-state index contributed by atoms with van der Waals surface area (Å²) in [6, 6.07) is 14.8. The molecule has 182 valence electrons. The molecule has 9 nitrogen and oxygen atoms in total. The predicted molar refractivity (Wildman–Crippen MR) is 137 cm³/mol. The second-order valence-electron chi connectivity index (χ2n) is 7.79. The number of carbonyl (C=O) groups is 3. The molecule has 11 heteroatoms. The Morgan fingerprint density at radius 1 is 1.11 bits per heavy atom. The Balaban J connectivity index is 1.67. The molecular formula is C25H17BrClN3O6. The second kappa shape index (κ2) is 10.3. The lowest BCUT2D eigenvalue weighted by Gasteiger charge is -2.26. The molecule has 1 aliphatic rings. The van der Waals surface area contributed by atoms with E-state index in [1.165, 1.54) is 24.3 Å². The van der Waals surface area contributed by atoms with E-state index in [2.05, 4.69) is 21.2 Å². The van der Waals surface area contributed by atoms with E-state index in [9.17, 15) is 24.5 Å². The molecule has 36 heavy (non-hydrogen) atoms.